The Morgan fingerprint density at radius 1 is 0.857 bits per heavy atom. The van der Waals surface area contributed by atoms with Crippen molar-refractivity contribution >= 4 is 27.5 Å². The number of carboxylic acids is 1. The van der Waals surface area contributed by atoms with E-state index in [0.29, 0.717) is 6.61 Å². The zero-order valence-electron chi connectivity index (χ0n) is 15.8. The van der Waals surface area contributed by atoms with E-state index in [1.807, 2.05) is 37.3 Å². The van der Waals surface area contributed by atoms with E-state index in [1.54, 1.807) is 0 Å². The number of carboxylic acid groups (broad SMARTS) is 1. The number of ether oxygens (including phenoxy) is 1. The first-order chi connectivity index (χ1) is 13.6. The third-order valence-corrected chi connectivity index (χ3v) is 5.00. The lowest BCUT2D eigenvalue weighted by molar-refractivity contribution is -0.138. The van der Waals surface area contributed by atoms with Gasteiger partial charge < -0.3 is 9.84 Å². The Morgan fingerprint density at radius 3 is 2.25 bits per heavy atom. The predicted octanol–water partition coefficient (Wildman–Crippen LogP) is 6.15. The third kappa shape index (κ3) is 3.56. The highest BCUT2D eigenvalue weighted by Crippen LogP contribution is 2.40. The Kier molecular flexibility index (Phi) is 4.98. The maximum Gasteiger partial charge on any atom is 0.303 e. The van der Waals surface area contributed by atoms with Gasteiger partial charge >= 0.3 is 5.97 Å². The van der Waals surface area contributed by atoms with Crippen molar-refractivity contribution in [2.75, 3.05) is 6.61 Å². The SMILES string of the molecule is CC(COc1ccc2ccccc2c1-c1cccc2ccccc12)CC(=O)O. The van der Waals surface area contributed by atoms with Gasteiger partial charge in [-0.2, -0.15) is 0 Å². The summed E-state index contributed by atoms with van der Waals surface area (Å²) in [5.41, 5.74) is 2.17. The van der Waals surface area contributed by atoms with Crippen LogP contribution in [0.15, 0.2) is 78.9 Å². The highest BCUT2D eigenvalue weighted by Gasteiger charge is 2.15. The van der Waals surface area contributed by atoms with Gasteiger partial charge in [-0.1, -0.05) is 79.7 Å². The second-order valence-corrected chi connectivity index (χ2v) is 7.20. The van der Waals surface area contributed by atoms with Crippen LogP contribution >= 0.6 is 0 Å². The van der Waals surface area contributed by atoms with E-state index in [1.165, 1.54) is 10.8 Å². The fourth-order valence-corrected chi connectivity index (χ4v) is 3.68. The van der Waals surface area contributed by atoms with E-state index in [9.17, 15) is 4.79 Å². The normalized spacial score (nSPS) is 12.2. The summed E-state index contributed by atoms with van der Waals surface area (Å²) in [5.74, 6) is -0.0829. The lowest BCUT2D eigenvalue weighted by atomic mass is 9.93. The van der Waals surface area contributed by atoms with Crippen LogP contribution < -0.4 is 4.74 Å². The number of benzene rings is 4. The average molecular weight is 370 g/mol. The number of aliphatic carboxylic acids is 1. The first kappa shape index (κ1) is 18.1. The number of rotatable bonds is 6. The molecule has 28 heavy (non-hydrogen) atoms. The summed E-state index contributed by atoms with van der Waals surface area (Å²) in [4.78, 5) is 11.0. The molecule has 0 fully saturated rings. The van der Waals surface area contributed by atoms with Crippen LogP contribution in [0.4, 0.5) is 0 Å². The lowest BCUT2D eigenvalue weighted by Crippen LogP contribution is -2.13. The average Bonchev–Trinajstić information content (AvgIpc) is 2.71. The molecule has 4 aromatic carbocycles. The van der Waals surface area contributed by atoms with Crippen molar-refractivity contribution in [3.8, 4) is 16.9 Å². The molecule has 0 aliphatic heterocycles. The van der Waals surface area contributed by atoms with Gasteiger partial charge in [-0.05, 0) is 33.2 Å². The van der Waals surface area contributed by atoms with Gasteiger partial charge in [0.25, 0.3) is 0 Å². The lowest BCUT2D eigenvalue weighted by Gasteiger charge is -2.18. The van der Waals surface area contributed by atoms with Gasteiger partial charge in [0.2, 0.25) is 0 Å². The van der Waals surface area contributed by atoms with Gasteiger partial charge in [-0.3, -0.25) is 4.79 Å². The van der Waals surface area contributed by atoms with Crippen LogP contribution in [-0.2, 0) is 4.79 Å². The summed E-state index contributed by atoms with van der Waals surface area (Å²) < 4.78 is 6.15. The fourth-order valence-electron chi connectivity index (χ4n) is 3.68. The standard InChI is InChI=1S/C25H22O3/c1-17(15-24(26)27)16-28-23-14-13-19-8-3-5-11-21(19)25(23)22-12-6-9-18-7-2-4-10-20(18)22/h2-14,17H,15-16H2,1H3,(H,26,27). The maximum absolute atomic E-state index is 11.0. The third-order valence-electron chi connectivity index (χ3n) is 5.00. The van der Waals surface area contributed by atoms with E-state index in [-0.39, 0.29) is 12.3 Å². The van der Waals surface area contributed by atoms with Gasteiger partial charge in [0.05, 0.1) is 13.0 Å². The van der Waals surface area contributed by atoms with Crippen LogP contribution in [0.3, 0.4) is 0 Å². The quantitative estimate of drug-likeness (QED) is 0.443. The van der Waals surface area contributed by atoms with Gasteiger partial charge in [0, 0.05) is 11.5 Å². The van der Waals surface area contributed by atoms with E-state index in [2.05, 4.69) is 48.5 Å². The molecule has 0 heterocycles. The zero-order valence-corrected chi connectivity index (χ0v) is 15.8. The summed E-state index contributed by atoms with van der Waals surface area (Å²) >= 11 is 0. The van der Waals surface area contributed by atoms with E-state index >= 15 is 0 Å². The van der Waals surface area contributed by atoms with Crippen LogP contribution in [0.25, 0.3) is 32.7 Å². The van der Waals surface area contributed by atoms with E-state index < -0.39 is 5.97 Å². The number of hydrogen-bond acceptors (Lipinski definition) is 2. The minimum atomic E-state index is -0.802. The molecule has 0 spiro atoms. The molecular formula is C25H22O3. The van der Waals surface area contributed by atoms with Crippen LogP contribution in [-0.4, -0.2) is 17.7 Å². The number of hydrogen-bond donors (Lipinski definition) is 1. The summed E-state index contributed by atoms with van der Waals surface area (Å²) in [6.45, 7) is 2.26. The summed E-state index contributed by atoms with van der Waals surface area (Å²) in [5, 5.41) is 13.6. The molecule has 0 aliphatic rings. The molecule has 1 atom stereocenters. The summed E-state index contributed by atoms with van der Waals surface area (Å²) in [6.07, 6.45) is 0.0944. The second kappa shape index (κ2) is 7.73. The van der Waals surface area contributed by atoms with Crippen LogP contribution in [0.5, 0.6) is 5.75 Å². The van der Waals surface area contributed by atoms with Gasteiger partial charge in [-0.25, -0.2) is 0 Å². The smallest absolute Gasteiger partial charge is 0.303 e. The number of fused-ring (bicyclic) bond motifs is 2. The minimum absolute atomic E-state index is 0.0654. The van der Waals surface area contributed by atoms with Crippen molar-refractivity contribution in [2.45, 2.75) is 13.3 Å². The molecule has 0 aromatic heterocycles. The van der Waals surface area contributed by atoms with Gasteiger partial charge in [0.15, 0.2) is 0 Å². The highest BCUT2D eigenvalue weighted by atomic mass is 16.5. The Morgan fingerprint density at radius 2 is 1.50 bits per heavy atom. The molecule has 0 amide bonds. The van der Waals surface area contributed by atoms with Crippen molar-refractivity contribution in [3.63, 3.8) is 0 Å². The highest BCUT2D eigenvalue weighted by molar-refractivity contribution is 6.07. The van der Waals surface area contributed by atoms with E-state index in [4.69, 9.17) is 9.84 Å². The zero-order chi connectivity index (χ0) is 19.5. The largest absolute Gasteiger partial charge is 0.493 e. The van der Waals surface area contributed by atoms with Gasteiger partial charge in [0.1, 0.15) is 5.75 Å². The molecule has 1 unspecified atom stereocenters. The Bertz CT molecular complexity index is 1140. The van der Waals surface area contributed by atoms with Crippen LogP contribution in [0.2, 0.25) is 0 Å². The molecular weight excluding hydrogens is 348 g/mol. The Hall–Kier alpha value is -3.33. The molecule has 1 N–H and O–H groups in total. The molecule has 4 aromatic rings. The Balaban J connectivity index is 1.86. The molecule has 4 rings (SSSR count). The first-order valence-electron chi connectivity index (χ1n) is 9.48. The molecule has 3 heteroatoms. The molecule has 0 bridgehead atoms. The Labute approximate surface area is 164 Å². The van der Waals surface area contributed by atoms with Gasteiger partial charge in [-0.15, -0.1) is 0 Å². The summed E-state index contributed by atoms with van der Waals surface area (Å²) in [6, 6.07) is 27.0. The van der Waals surface area contributed by atoms with Crippen molar-refractivity contribution in [1.29, 1.82) is 0 Å². The molecule has 3 nitrogen and oxygen atoms in total. The monoisotopic (exact) mass is 370 g/mol. The van der Waals surface area contributed by atoms with Crippen LogP contribution in [0.1, 0.15) is 13.3 Å². The van der Waals surface area contributed by atoms with Crippen molar-refractivity contribution in [3.05, 3.63) is 78.9 Å². The second-order valence-electron chi connectivity index (χ2n) is 7.20. The molecule has 0 radical (unpaired) electrons. The van der Waals surface area contributed by atoms with Crippen molar-refractivity contribution in [2.24, 2.45) is 5.92 Å². The topological polar surface area (TPSA) is 46.5 Å². The summed E-state index contributed by atoms with van der Waals surface area (Å²) in [7, 11) is 0. The van der Waals surface area contributed by atoms with E-state index in [0.717, 1.165) is 27.6 Å². The molecule has 140 valence electrons. The fraction of sp³-hybridized carbons (Fsp3) is 0.160. The van der Waals surface area contributed by atoms with Crippen LogP contribution in [0, 0.1) is 5.92 Å². The molecule has 0 saturated carbocycles. The predicted molar refractivity (Wildman–Crippen MR) is 114 cm³/mol. The minimum Gasteiger partial charge on any atom is -0.493 e. The maximum atomic E-state index is 11.0. The van der Waals surface area contributed by atoms with Crippen molar-refractivity contribution < 1.29 is 14.6 Å². The molecule has 0 aliphatic carbocycles. The van der Waals surface area contributed by atoms with Crippen molar-refractivity contribution in [1.82, 2.24) is 0 Å². The molecule has 0 saturated heterocycles. The number of carbonyl (C=O) groups is 1. The first-order valence-corrected chi connectivity index (χ1v) is 9.48.